The van der Waals surface area contributed by atoms with Crippen molar-refractivity contribution in [1.82, 2.24) is 0 Å². The predicted molar refractivity (Wildman–Crippen MR) is 127 cm³/mol. The number of aromatic carboxylic acids is 1. The van der Waals surface area contributed by atoms with E-state index in [4.69, 9.17) is 14.2 Å². The van der Waals surface area contributed by atoms with E-state index in [0.29, 0.717) is 17.5 Å². The van der Waals surface area contributed by atoms with Gasteiger partial charge >= 0.3 is 11.9 Å². The summed E-state index contributed by atoms with van der Waals surface area (Å²) in [7, 11) is 1.32. The Kier molecular flexibility index (Phi) is 8.83. The fourth-order valence-corrected chi connectivity index (χ4v) is 3.54. The van der Waals surface area contributed by atoms with Crippen LogP contribution in [0.2, 0.25) is 0 Å². The van der Waals surface area contributed by atoms with Gasteiger partial charge in [0.1, 0.15) is 23.2 Å². The number of carboxylic acid groups (broad SMARTS) is 1. The van der Waals surface area contributed by atoms with Crippen LogP contribution in [-0.2, 0) is 14.3 Å². The van der Waals surface area contributed by atoms with Crippen molar-refractivity contribution in [2.75, 3.05) is 7.11 Å². The molecular weight excluding hydrogens is 440 g/mol. The number of ketones is 1. The molecule has 0 unspecified atom stereocenters. The summed E-state index contributed by atoms with van der Waals surface area (Å²) in [5.74, 6) is -2.22. The summed E-state index contributed by atoms with van der Waals surface area (Å²) < 4.78 is 16.8. The SMILES string of the molecule is COc1c([C@H](CC(C)C)OC(C)=O)ccc(Oc2c(O)cc(C)cc2C=CC(C)=O)c1C(=O)O. The summed E-state index contributed by atoms with van der Waals surface area (Å²) in [5.41, 5.74) is 1.21. The molecule has 0 spiro atoms. The quantitative estimate of drug-likeness (QED) is 0.347. The molecule has 2 aromatic rings. The molecule has 0 fully saturated rings. The lowest BCUT2D eigenvalue weighted by Gasteiger charge is -2.23. The van der Waals surface area contributed by atoms with Crippen molar-refractivity contribution in [2.24, 2.45) is 5.92 Å². The van der Waals surface area contributed by atoms with Crippen LogP contribution in [0.25, 0.3) is 6.08 Å². The molecule has 0 amide bonds. The molecule has 8 heteroatoms. The second-order valence-corrected chi connectivity index (χ2v) is 8.34. The lowest BCUT2D eigenvalue weighted by molar-refractivity contribution is -0.147. The van der Waals surface area contributed by atoms with Gasteiger partial charge in [-0.1, -0.05) is 13.8 Å². The van der Waals surface area contributed by atoms with Gasteiger partial charge in [-0.2, -0.15) is 0 Å². The number of carboxylic acids is 1. The molecule has 34 heavy (non-hydrogen) atoms. The van der Waals surface area contributed by atoms with E-state index >= 15 is 0 Å². The molecule has 0 radical (unpaired) electrons. The van der Waals surface area contributed by atoms with Crippen molar-refractivity contribution in [3.63, 3.8) is 0 Å². The Balaban J connectivity index is 2.68. The van der Waals surface area contributed by atoms with Crippen molar-refractivity contribution in [1.29, 1.82) is 0 Å². The Morgan fingerprint density at radius 2 is 1.76 bits per heavy atom. The largest absolute Gasteiger partial charge is 0.504 e. The lowest BCUT2D eigenvalue weighted by atomic mass is 9.96. The first-order valence-corrected chi connectivity index (χ1v) is 10.8. The van der Waals surface area contributed by atoms with Gasteiger partial charge in [-0.15, -0.1) is 0 Å². The molecule has 0 saturated carbocycles. The van der Waals surface area contributed by atoms with Crippen LogP contribution in [0.5, 0.6) is 23.0 Å². The summed E-state index contributed by atoms with van der Waals surface area (Å²) in [6, 6.07) is 6.16. The highest BCUT2D eigenvalue weighted by Crippen LogP contribution is 2.43. The Labute approximate surface area is 198 Å². The van der Waals surface area contributed by atoms with Crippen LogP contribution in [0.4, 0.5) is 0 Å². The normalized spacial score (nSPS) is 12.0. The van der Waals surface area contributed by atoms with Crippen LogP contribution in [0.3, 0.4) is 0 Å². The van der Waals surface area contributed by atoms with Gasteiger partial charge in [-0.3, -0.25) is 9.59 Å². The molecule has 0 aliphatic carbocycles. The molecule has 0 aliphatic heterocycles. The van der Waals surface area contributed by atoms with E-state index in [-0.39, 0.29) is 40.3 Å². The average Bonchev–Trinajstić information content (AvgIpc) is 2.72. The highest BCUT2D eigenvalue weighted by Gasteiger charge is 2.28. The van der Waals surface area contributed by atoms with Crippen molar-refractivity contribution in [3.8, 4) is 23.0 Å². The molecule has 2 N–H and O–H groups in total. The Morgan fingerprint density at radius 3 is 2.29 bits per heavy atom. The number of methoxy groups -OCH3 is 1. The fraction of sp³-hybridized carbons (Fsp3) is 0.346. The number of carbonyl (C=O) groups excluding carboxylic acids is 2. The van der Waals surface area contributed by atoms with E-state index < -0.39 is 18.0 Å². The first-order chi connectivity index (χ1) is 15.9. The highest BCUT2D eigenvalue weighted by atomic mass is 16.5. The molecular formula is C26H30O8. The molecule has 0 saturated heterocycles. The third-order valence-electron chi connectivity index (χ3n) is 4.86. The van der Waals surface area contributed by atoms with Crippen LogP contribution in [0.15, 0.2) is 30.3 Å². The van der Waals surface area contributed by atoms with Crippen LogP contribution in [0.1, 0.15) is 67.3 Å². The summed E-state index contributed by atoms with van der Waals surface area (Å²) >= 11 is 0. The molecule has 2 rings (SSSR count). The van der Waals surface area contributed by atoms with Gasteiger partial charge in [0.05, 0.1) is 7.11 Å². The van der Waals surface area contributed by atoms with Gasteiger partial charge in [0, 0.05) is 18.1 Å². The Bertz CT molecular complexity index is 1110. The summed E-state index contributed by atoms with van der Waals surface area (Å²) in [6.07, 6.45) is 2.53. The Morgan fingerprint density at radius 1 is 1.09 bits per heavy atom. The van der Waals surface area contributed by atoms with E-state index in [1.54, 1.807) is 19.1 Å². The maximum Gasteiger partial charge on any atom is 0.343 e. The molecule has 0 aromatic heterocycles. The maximum atomic E-state index is 12.3. The highest BCUT2D eigenvalue weighted by molar-refractivity contribution is 5.95. The van der Waals surface area contributed by atoms with Crippen molar-refractivity contribution in [3.05, 3.63) is 52.6 Å². The number of aromatic hydroxyl groups is 1. The van der Waals surface area contributed by atoms with E-state index in [2.05, 4.69) is 0 Å². The first-order valence-electron chi connectivity index (χ1n) is 10.8. The molecule has 0 bridgehead atoms. The lowest BCUT2D eigenvalue weighted by Crippen LogP contribution is -2.14. The summed E-state index contributed by atoms with van der Waals surface area (Å²) in [4.78, 5) is 35.4. The number of phenols is 1. The van der Waals surface area contributed by atoms with Crippen molar-refractivity contribution in [2.45, 2.75) is 47.1 Å². The Hall–Kier alpha value is -3.81. The van der Waals surface area contributed by atoms with E-state index in [0.717, 1.165) is 5.56 Å². The van der Waals surface area contributed by atoms with Gasteiger partial charge in [0.2, 0.25) is 0 Å². The minimum atomic E-state index is -1.33. The summed E-state index contributed by atoms with van der Waals surface area (Å²) in [6.45, 7) is 8.34. The van der Waals surface area contributed by atoms with Crippen LogP contribution in [0, 0.1) is 12.8 Å². The first kappa shape index (κ1) is 26.4. The number of phenolic OH excluding ortho intramolecular Hbond substituents is 1. The topological polar surface area (TPSA) is 119 Å². The third kappa shape index (κ3) is 6.60. The van der Waals surface area contributed by atoms with Crippen molar-refractivity contribution < 1.29 is 38.8 Å². The predicted octanol–water partition coefficient (Wildman–Crippen LogP) is 5.45. The smallest absolute Gasteiger partial charge is 0.343 e. The minimum Gasteiger partial charge on any atom is -0.504 e. The van der Waals surface area contributed by atoms with Gasteiger partial charge < -0.3 is 24.4 Å². The fourth-order valence-electron chi connectivity index (χ4n) is 3.54. The van der Waals surface area contributed by atoms with Crippen molar-refractivity contribution >= 4 is 23.8 Å². The standard InChI is InChI=1S/C26H30O8/c1-14(2)11-22(33-17(5)28)19-9-10-21(23(26(30)31)25(19)32-6)34-24-18(8-7-16(4)27)12-15(3)13-20(24)29/h7-10,12-14,22,29H,11H2,1-6H3,(H,30,31)/t22-/m0/s1. The zero-order chi connectivity index (χ0) is 25.6. The second-order valence-electron chi connectivity index (χ2n) is 8.34. The molecule has 182 valence electrons. The number of allylic oxidation sites excluding steroid dienone is 1. The number of hydrogen-bond acceptors (Lipinski definition) is 7. The molecule has 1 atom stereocenters. The number of aryl methyl sites for hydroxylation is 1. The van der Waals surface area contributed by atoms with Crippen LogP contribution >= 0.6 is 0 Å². The zero-order valence-corrected chi connectivity index (χ0v) is 20.2. The van der Waals surface area contributed by atoms with E-state index in [9.17, 15) is 24.6 Å². The van der Waals surface area contributed by atoms with E-state index in [1.807, 2.05) is 13.8 Å². The zero-order valence-electron chi connectivity index (χ0n) is 20.2. The number of rotatable bonds is 10. The number of hydrogen-bond donors (Lipinski definition) is 2. The van der Waals surface area contributed by atoms with E-state index in [1.165, 1.54) is 45.2 Å². The second kappa shape index (κ2) is 11.4. The van der Waals surface area contributed by atoms with Crippen LogP contribution in [-0.4, -0.2) is 35.0 Å². The van der Waals surface area contributed by atoms with Gasteiger partial charge in [0.25, 0.3) is 0 Å². The number of benzene rings is 2. The molecule has 2 aromatic carbocycles. The van der Waals surface area contributed by atoms with Gasteiger partial charge in [-0.05, 0) is 68.2 Å². The molecule has 0 heterocycles. The average molecular weight is 471 g/mol. The van der Waals surface area contributed by atoms with Crippen LogP contribution < -0.4 is 9.47 Å². The number of esters is 1. The third-order valence-corrected chi connectivity index (χ3v) is 4.86. The molecule has 8 nitrogen and oxygen atoms in total. The number of ether oxygens (including phenoxy) is 3. The number of carbonyl (C=O) groups is 3. The molecule has 0 aliphatic rings. The monoisotopic (exact) mass is 470 g/mol. The minimum absolute atomic E-state index is 0.00988. The van der Waals surface area contributed by atoms with Gasteiger partial charge in [0.15, 0.2) is 17.3 Å². The van der Waals surface area contributed by atoms with Gasteiger partial charge in [-0.25, -0.2) is 4.79 Å². The summed E-state index contributed by atoms with van der Waals surface area (Å²) in [5, 5.41) is 20.5. The maximum absolute atomic E-state index is 12.3.